The number of Topliss-reactive ketones (excluding diaryl/α,β-unsaturated/α-hetero) is 1. The van der Waals surface area contributed by atoms with E-state index in [0.29, 0.717) is 6.54 Å². The molecule has 1 unspecified atom stereocenters. The highest BCUT2D eigenvalue weighted by Gasteiger charge is 2.13. The van der Waals surface area contributed by atoms with Crippen molar-refractivity contribution in [2.24, 2.45) is 11.7 Å². The molecule has 0 spiro atoms. The van der Waals surface area contributed by atoms with E-state index in [9.17, 15) is 4.79 Å². The minimum Gasteiger partial charge on any atom is -0.330 e. The van der Waals surface area contributed by atoms with E-state index in [0.717, 1.165) is 16.7 Å². The fraction of sp³-hybridized carbons (Fsp3) is 0.188. The third kappa shape index (κ3) is 2.66. The van der Waals surface area contributed by atoms with Gasteiger partial charge in [-0.3, -0.25) is 4.79 Å². The van der Waals surface area contributed by atoms with E-state index in [-0.39, 0.29) is 11.7 Å². The molecule has 1 atom stereocenters. The van der Waals surface area contributed by atoms with E-state index in [1.54, 1.807) is 0 Å². The molecule has 0 aromatic heterocycles. The van der Waals surface area contributed by atoms with Gasteiger partial charge in [0.25, 0.3) is 0 Å². The lowest BCUT2D eigenvalue weighted by Gasteiger charge is -2.08. The van der Waals surface area contributed by atoms with E-state index in [4.69, 9.17) is 5.73 Å². The summed E-state index contributed by atoms with van der Waals surface area (Å²) >= 11 is 0. The normalized spacial score (nSPS) is 12.1. The molecular weight excluding hydrogens is 222 g/mol. The van der Waals surface area contributed by atoms with E-state index < -0.39 is 0 Å². The first-order valence-electron chi connectivity index (χ1n) is 6.12. The Labute approximate surface area is 107 Å². The van der Waals surface area contributed by atoms with Gasteiger partial charge in [0.15, 0.2) is 5.78 Å². The van der Waals surface area contributed by atoms with Crippen LogP contribution in [0.25, 0.3) is 11.1 Å². The Bertz CT molecular complexity index is 517. The standard InChI is InChI=1S/C16H17NO/c1-12(11-17)16(18)15-9-7-14(8-10-15)13-5-3-2-4-6-13/h2-10,12H,11,17H2,1H3. The van der Waals surface area contributed by atoms with Gasteiger partial charge >= 0.3 is 0 Å². The Morgan fingerprint density at radius 3 is 2.11 bits per heavy atom. The molecule has 0 amide bonds. The van der Waals surface area contributed by atoms with Crippen LogP contribution in [0.3, 0.4) is 0 Å². The van der Waals surface area contributed by atoms with Crippen LogP contribution in [0, 0.1) is 5.92 Å². The molecule has 0 saturated carbocycles. The van der Waals surface area contributed by atoms with Crippen molar-refractivity contribution in [1.29, 1.82) is 0 Å². The van der Waals surface area contributed by atoms with E-state index in [1.807, 2.05) is 49.4 Å². The van der Waals surface area contributed by atoms with Crippen molar-refractivity contribution in [3.63, 3.8) is 0 Å². The first kappa shape index (κ1) is 12.5. The average molecular weight is 239 g/mol. The van der Waals surface area contributed by atoms with Crippen molar-refractivity contribution in [2.45, 2.75) is 6.92 Å². The lowest BCUT2D eigenvalue weighted by Crippen LogP contribution is -2.20. The zero-order chi connectivity index (χ0) is 13.0. The summed E-state index contributed by atoms with van der Waals surface area (Å²) < 4.78 is 0. The van der Waals surface area contributed by atoms with Crippen molar-refractivity contribution in [3.05, 3.63) is 60.2 Å². The predicted molar refractivity (Wildman–Crippen MR) is 74.4 cm³/mol. The average Bonchev–Trinajstić information content (AvgIpc) is 2.47. The number of carbonyl (C=O) groups is 1. The van der Waals surface area contributed by atoms with E-state index in [1.165, 1.54) is 0 Å². The third-order valence-electron chi connectivity index (χ3n) is 3.08. The highest BCUT2D eigenvalue weighted by Crippen LogP contribution is 2.20. The SMILES string of the molecule is CC(CN)C(=O)c1ccc(-c2ccccc2)cc1. The van der Waals surface area contributed by atoms with Gasteiger partial charge in [0.2, 0.25) is 0 Å². The largest absolute Gasteiger partial charge is 0.330 e. The minimum absolute atomic E-state index is 0.108. The van der Waals surface area contributed by atoms with Crippen molar-refractivity contribution in [2.75, 3.05) is 6.54 Å². The number of ketones is 1. The maximum atomic E-state index is 11.9. The van der Waals surface area contributed by atoms with Crippen molar-refractivity contribution in [3.8, 4) is 11.1 Å². The summed E-state index contributed by atoms with van der Waals surface area (Å²) in [6.45, 7) is 2.24. The van der Waals surface area contributed by atoms with Gasteiger partial charge in [0.1, 0.15) is 0 Å². The quantitative estimate of drug-likeness (QED) is 0.833. The summed E-state index contributed by atoms with van der Waals surface area (Å²) in [5.74, 6) is -0.00955. The van der Waals surface area contributed by atoms with Gasteiger partial charge in [0, 0.05) is 18.0 Å². The molecule has 0 aliphatic carbocycles. The molecule has 18 heavy (non-hydrogen) atoms. The van der Waals surface area contributed by atoms with Crippen LogP contribution in [0.2, 0.25) is 0 Å². The number of rotatable bonds is 4. The topological polar surface area (TPSA) is 43.1 Å². The Balaban J connectivity index is 2.23. The van der Waals surface area contributed by atoms with Gasteiger partial charge in [0.05, 0.1) is 0 Å². The van der Waals surface area contributed by atoms with Gasteiger partial charge in [-0.1, -0.05) is 61.5 Å². The number of benzene rings is 2. The van der Waals surface area contributed by atoms with Gasteiger partial charge in [-0.2, -0.15) is 0 Å². The maximum Gasteiger partial charge on any atom is 0.166 e. The molecule has 0 aliphatic heterocycles. The van der Waals surface area contributed by atoms with Crippen molar-refractivity contribution in [1.82, 2.24) is 0 Å². The summed E-state index contributed by atoms with van der Waals surface area (Å²) in [6, 6.07) is 17.8. The van der Waals surface area contributed by atoms with Crippen LogP contribution in [-0.2, 0) is 0 Å². The summed E-state index contributed by atoms with van der Waals surface area (Å²) in [4.78, 5) is 11.9. The number of hydrogen-bond acceptors (Lipinski definition) is 2. The highest BCUT2D eigenvalue weighted by molar-refractivity contribution is 5.98. The number of carbonyl (C=O) groups excluding carboxylic acids is 1. The van der Waals surface area contributed by atoms with Crippen LogP contribution in [0.5, 0.6) is 0 Å². The first-order valence-corrected chi connectivity index (χ1v) is 6.12. The molecule has 2 aromatic rings. The molecule has 0 saturated heterocycles. The number of nitrogens with two attached hydrogens (primary N) is 1. The van der Waals surface area contributed by atoms with Crippen molar-refractivity contribution < 1.29 is 4.79 Å². The van der Waals surface area contributed by atoms with E-state index >= 15 is 0 Å². The Kier molecular flexibility index (Phi) is 3.90. The molecule has 92 valence electrons. The van der Waals surface area contributed by atoms with Crippen LogP contribution >= 0.6 is 0 Å². The molecule has 0 heterocycles. The van der Waals surface area contributed by atoms with Gasteiger partial charge in [-0.25, -0.2) is 0 Å². The molecule has 0 fully saturated rings. The second kappa shape index (κ2) is 5.61. The zero-order valence-corrected chi connectivity index (χ0v) is 10.5. The molecule has 0 radical (unpaired) electrons. The summed E-state index contributed by atoms with van der Waals surface area (Å²) in [5.41, 5.74) is 8.51. The Morgan fingerprint density at radius 1 is 1.00 bits per heavy atom. The maximum absolute atomic E-state index is 11.9. The van der Waals surface area contributed by atoms with Crippen LogP contribution in [-0.4, -0.2) is 12.3 Å². The summed E-state index contributed by atoms with van der Waals surface area (Å²) in [6.07, 6.45) is 0. The molecule has 0 aliphatic rings. The molecule has 2 aromatic carbocycles. The zero-order valence-electron chi connectivity index (χ0n) is 10.5. The van der Waals surface area contributed by atoms with Gasteiger partial charge < -0.3 is 5.73 Å². The fourth-order valence-electron chi connectivity index (χ4n) is 1.85. The monoisotopic (exact) mass is 239 g/mol. The molecule has 2 N–H and O–H groups in total. The van der Waals surface area contributed by atoms with Crippen molar-refractivity contribution >= 4 is 5.78 Å². The third-order valence-corrected chi connectivity index (χ3v) is 3.08. The molecule has 2 nitrogen and oxygen atoms in total. The first-order chi connectivity index (χ1) is 8.72. The molecular formula is C16H17NO. The summed E-state index contributed by atoms with van der Waals surface area (Å²) in [5, 5.41) is 0. The molecule has 0 bridgehead atoms. The van der Waals surface area contributed by atoms with Crippen LogP contribution < -0.4 is 5.73 Å². The van der Waals surface area contributed by atoms with Crippen LogP contribution in [0.1, 0.15) is 17.3 Å². The van der Waals surface area contributed by atoms with Gasteiger partial charge in [-0.05, 0) is 11.1 Å². The van der Waals surface area contributed by atoms with Gasteiger partial charge in [-0.15, -0.1) is 0 Å². The molecule has 2 rings (SSSR count). The lowest BCUT2D eigenvalue weighted by atomic mass is 9.97. The fourth-order valence-corrected chi connectivity index (χ4v) is 1.85. The second-order valence-corrected chi connectivity index (χ2v) is 4.44. The molecule has 2 heteroatoms. The second-order valence-electron chi connectivity index (χ2n) is 4.44. The van der Waals surface area contributed by atoms with E-state index in [2.05, 4.69) is 12.1 Å². The lowest BCUT2D eigenvalue weighted by molar-refractivity contribution is 0.0934. The predicted octanol–water partition coefficient (Wildman–Crippen LogP) is 3.13. The highest BCUT2D eigenvalue weighted by atomic mass is 16.1. The smallest absolute Gasteiger partial charge is 0.166 e. The van der Waals surface area contributed by atoms with Crippen LogP contribution in [0.15, 0.2) is 54.6 Å². The Hall–Kier alpha value is -1.93. The summed E-state index contributed by atoms with van der Waals surface area (Å²) in [7, 11) is 0. The van der Waals surface area contributed by atoms with Crippen LogP contribution in [0.4, 0.5) is 0 Å². The number of hydrogen-bond donors (Lipinski definition) is 1. The minimum atomic E-state index is -0.118. The Morgan fingerprint density at radius 2 is 1.56 bits per heavy atom.